The van der Waals surface area contributed by atoms with Gasteiger partial charge >= 0.3 is 0 Å². The Morgan fingerprint density at radius 1 is 1.07 bits per heavy atom. The Hall–Kier alpha value is -2.56. The molecule has 1 unspecified atom stereocenters. The molecular formula is C22H24FNO3. The van der Waals surface area contributed by atoms with Crippen molar-refractivity contribution in [3.05, 3.63) is 59.9 Å². The quantitative estimate of drug-likeness (QED) is 0.737. The van der Waals surface area contributed by atoms with E-state index in [1.54, 1.807) is 19.2 Å². The van der Waals surface area contributed by atoms with E-state index in [-0.39, 0.29) is 17.3 Å². The van der Waals surface area contributed by atoms with E-state index in [0.717, 1.165) is 37.0 Å². The number of halogens is 1. The van der Waals surface area contributed by atoms with Crippen LogP contribution in [0.15, 0.2) is 48.5 Å². The Kier molecular flexibility index (Phi) is 4.77. The standard InChI is InChI=1S/C22H24FNO3/c1-26-19-7-5-6-16(14-19)15-24-21(25)20(22(24)12-3-2-4-13-22)27-18-10-8-17(23)9-11-18/h5-11,14,20H,2-4,12-13,15H2,1H3. The Morgan fingerprint density at radius 3 is 2.52 bits per heavy atom. The molecule has 0 bridgehead atoms. The highest BCUT2D eigenvalue weighted by molar-refractivity contribution is 5.90. The SMILES string of the molecule is COc1cccc(CN2C(=O)C(Oc3ccc(F)cc3)C23CCCCC3)c1. The zero-order valence-corrected chi connectivity index (χ0v) is 15.5. The van der Waals surface area contributed by atoms with E-state index in [4.69, 9.17) is 9.47 Å². The Morgan fingerprint density at radius 2 is 1.81 bits per heavy atom. The van der Waals surface area contributed by atoms with Crippen LogP contribution in [0.3, 0.4) is 0 Å². The highest BCUT2D eigenvalue weighted by atomic mass is 19.1. The summed E-state index contributed by atoms with van der Waals surface area (Å²) >= 11 is 0. The van der Waals surface area contributed by atoms with Crippen molar-refractivity contribution in [2.24, 2.45) is 0 Å². The first kappa shape index (κ1) is 17.8. The lowest BCUT2D eigenvalue weighted by Crippen LogP contribution is -2.76. The maximum absolute atomic E-state index is 13.2. The third-order valence-electron chi connectivity index (χ3n) is 5.78. The molecule has 4 nitrogen and oxygen atoms in total. The molecule has 2 aromatic rings. The van der Waals surface area contributed by atoms with Gasteiger partial charge in [0.1, 0.15) is 17.3 Å². The van der Waals surface area contributed by atoms with Crippen molar-refractivity contribution in [3.8, 4) is 11.5 Å². The molecule has 1 atom stereocenters. The number of benzene rings is 2. The summed E-state index contributed by atoms with van der Waals surface area (Å²) < 4.78 is 24.5. The van der Waals surface area contributed by atoms with Crippen LogP contribution in [0.2, 0.25) is 0 Å². The molecule has 1 heterocycles. The summed E-state index contributed by atoms with van der Waals surface area (Å²) in [6.07, 6.45) is 4.75. The van der Waals surface area contributed by atoms with Crippen molar-refractivity contribution in [2.75, 3.05) is 7.11 Å². The largest absolute Gasteiger partial charge is 0.497 e. The van der Waals surface area contributed by atoms with Crippen LogP contribution in [-0.2, 0) is 11.3 Å². The van der Waals surface area contributed by atoms with Crippen molar-refractivity contribution in [1.29, 1.82) is 0 Å². The summed E-state index contributed by atoms with van der Waals surface area (Å²) in [5.74, 6) is 1.02. The van der Waals surface area contributed by atoms with E-state index in [1.807, 2.05) is 29.2 Å². The van der Waals surface area contributed by atoms with E-state index < -0.39 is 6.10 Å². The summed E-state index contributed by atoms with van der Waals surface area (Å²) in [7, 11) is 1.64. The molecule has 4 rings (SSSR count). The number of hydrogen-bond acceptors (Lipinski definition) is 3. The molecule has 0 radical (unpaired) electrons. The molecule has 27 heavy (non-hydrogen) atoms. The molecule has 1 aliphatic heterocycles. The van der Waals surface area contributed by atoms with E-state index >= 15 is 0 Å². The molecule has 1 aliphatic carbocycles. The molecule has 2 aliphatic rings. The normalized spacial score (nSPS) is 21.0. The molecule has 1 amide bonds. The zero-order valence-electron chi connectivity index (χ0n) is 15.5. The third kappa shape index (κ3) is 3.27. The van der Waals surface area contributed by atoms with Crippen molar-refractivity contribution < 1.29 is 18.7 Å². The fraction of sp³-hybridized carbons (Fsp3) is 0.409. The molecule has 0 aromatic heterocycles. The predicted molar refractivity (Wildman–Crippen MR) is 100 cm³/mol. The van der Waals surface area contributed by atoms with Gasteiger partial charge in [0, 0.05) is 6.54 Å². The van der Waals surface area contributed by atoms with Crippen LogP contribution in [-0.4, -0.2) is 29.6 Å². The fourth-order valence-electron chi connectivity index (χ4n) is 4.36. The molecule has 5 heteroatoms. The van der Waals surface area contributed by atoms with E-state index in [2.05, 4.69) is 0 Å². The summed E-state index contributed by atoms with van der Waals surface area (Å²) in [4.78, 5) is 14.9. The lowest BCUT2D eigenvalue weighted by Gasteiger charge is -2.58. The van der Waals surface area contributed by atoms with Crippen LogP contribution < -0.4 is 9.47 Å². The fourth-order valence-corrected chi connectivity index (χ4v) is 4.36. The molecule has 0 N–H and O–H groups in total. The van der Waals surface area contributed by atoms with Crippen molar-refractivity contribution in [3.63, 3.8) is 0 Å². The van der Waals surface area contributed by atoms with Crippen LogP contribution in [0.25, 0.3) is 0 Å². The maximum Gasteiger partial charge on any atom is 0.267 e. The molecule has 1 spiro atoms. The van der Waals surface area contributed by atoms with Gasteiger partial charge in [-0.05, 0) is 54.8 Å². The summed E-state index contributed by atoms with van der Waals surface area (Å²) in [5.41, 5.74) is 0.778. The molecule has 2 fully saturated rings. The van der Waals surface area contributed by atoms with Crippen LogP contribution in [0.1, 0.15) is 37.7 Å². The lowest BCUT2D eigenvalue weighted by atomic mass is 9.69. The number of rotatable bonds is 5. The number of hydrogen-bond donors (Lipinski definition) is 0. The average Bonchev–Trinajstić information content (AvgIpc) is 2.72. The molecule has 1 saturated carbocycles. The second-order valence-electron chi connectivity index (χ2n) is 7.39. The Labute approximate surface area is 158 Å². The minimum Gasteiger partial charge on any atom is -0.497 e. The first-order valence-corrected chi connectivity index (χ1v) is 9.49. The Balaban J connectivity index is 1.56. The Bertz CT molecular complexity index is 815. The van der Waals surface area contributed by atoms with Gasteiger partial charge in [-0.15, -0.1) is 0 Å². The van der Waals surface area contributed by atoms with Gasteiger partial charge < -0.3 is 14.4 Å². The molecule has 1 saturated heterocycles. The minimum absolute atomic E-state index is 0.00375. The zero-order chi connectivity index (χ0) is 18.9. The van der Waals surface area contributed by atoms with Gasteiger partial charge in [-0.3, -0.25) is 4.79 Å². The lowest BCUT2D eigenvalue weighted by molar-refractivity contribution is -0.188. The number of likely N-dealkylation sites (tertiary alicyclic amines) is 1. The van der Waals surface area contributed by atoms with E-state index in [0.29, 0.717) is 12.3 Å². The van der Waals surface area contributed by atoms with E-state index in [1.165, 1.54) is 18.6 Å². The number of methoxy groups -OCH3 is 1. The number of carbonyl (C=O) groups excluding carboxylic acids is 1. The van der Waals surface area contributed by atoms with Gasteiger partial charge in [0.2, 0.25) is 0 Å². The van der Waals surface area contributed by atoms with Crippen LogP contribution >= 0.6 is 0 Å². The first-order valence-electron chi connectivity index (χ1n) is 9.49. The molecule has 142 valence electrons. The molecule has 2 aromatic carbocycles. The van der Waals surface area contributed by atoms with Crippen molar-refractivity contribution in [1.82, 2.24) is 4.90 Å². The van der Waals surface area contributed by atoms with Gasteiger partial charge in [0.25, 0.3) is 5.91 Å². The summed E-state index contributed by atoms with van der Waals surface area (Å²) in [5, 5.41) is 0. The minimum atomic E-state index is -0.492. The number of amides is 1. The second kappa shape index (κ2) is 7.22. The molecular weight excluding hydrogens is 345 g/mol. The number of ether oxygens (including phenoxy) is 2. The predicted octanol–water partition coefficient (Wildman–Crippen LogP) is 4.33. The summed E-state index contributed by atoms with van der Waals surface area (Å²) in [6.45, 7) is 0.555. The van der Waals surface area contributed by atoms with Gasteiger partial charge in [0.15, 0.2) is 6.10 Å². The van der Waals surface area contributed by atoms with Gasteiger partial charge in [0.05, 0.1) is 12.6 Å². The first-order chi connectivity index (χ1) is 13.1. The van der Waals surface area contributed by atoms with Crippen molar-refractivity contribution >= 4 is 5.91 Å². The van der Waals surface area contributed by atoms with Crippen LogP contribution in [0.5, 0.6) is 11.5 Å². The number of β-lactam (4-membered cyclic amide) rings is 1. The third-order valence-corrected chi connectivity index (χ3v) is 5.78. The second-order valence-corrected chi connectivity index (χ2v) is 7.39. The van der Waals surface area contributed by atoms with E-state index in [9.17, 15) is 9.18 Å². The van der Waals surface area contributed by atoms with Crippen LogP contribution in [0.4, 0.5) is 4.39 Å². The summed E-state index contributed by atoms with van der Waals surface area (Å²) in [6, 6.07) is 13.7. The monoisotopic (exact) mass is 369 g/mol. The smallest absolute Gasteiger partial charge is 0.267 e. The topological polar surface area (TPSA) is 38.8 Å². The van der Waals surface area contributed by atoms with Gasteiger partial charge in [-0.1, -0.05) is 31.4 Å². The highest BCUT2D eigenvalue weighted by Gasteiger charge is 2.61. The van der Waals surface area contributed by atoms with Gasteiger partial charge in [-0.2, -0.15) is 0 Å². The van der Waals surface area contributed by atoms with Crippen molar-refractivity contribution in [2.45, 2.75) is 50.3 Å². The maximum atomic E-state index is 13.2. The number of carbonyl (C=O) groups is 1. The van der Waals surface area contributed by atoms with Crippen LogP contribution in [0, 0.1) is 5.82 Å². The average molecular weight is 369 g/mol. The highest BCUT2D eigenvalue weighted by Crippen LogP contribution is 2.46. The number of nitrogens with zero attached hydrogens (tertiary/aromatic N) is 1. The van der Waals surface area contributed by atoms with Gasteiger partial charge in [-0.25, -0.2) is 4.39 Å².